The molecule has 3 aromatic rings. The lowest BCUT2D eigenvalue weighted by molar-refractivity contribution is 0.579. The summed E-state index contributed by atoms with van der Waals surface area (Å²) in [6, 6.07) is 10.1. The van der Waals surface area contributed by atoms with E-state index < -0.39 is 10.0 Å². The average Bonchev–Trinajstić information content (AvgIpc) is 3.18. The molecule has 0 aliphatic heterocycles. The molecular formula is C16H19N5O2S. The highest BCUT2D eigenvalue weighted by molar-refractivity contribution is 7.89. The minimum Gasteiger partial charge on any atom is -0.330 e. The number of hydrogen-bond donors (Lipinski definition) is 1. The maximum absolute atomic E-state index is 12.2. The van der Waals surface area contributed by atoms with Gasteiger partial charge in [-0.25, -0.2) is 18.1 Å². The van der Waals surface area contributed by atoms with Crippen molar-refractivity contribution in [2.45, 2.75) is 17.9 Å². The standard InChI is InChI=1S/C16H19N5O2S/c1-20-13-15(11-18-20)24(22,23)19-8-7-16-17-9-10-21(16)12-14-5-3-2-4-6-14/h2-6,9-11,13,19H,7-8,12H2,1H3. The first-order valence-electron chi connectivity index (χ1n) is 7.57. The molecule has 3 rings (SSSR count). The van der Waals surface area contributed by atoms with E-state index in [-0.39, 0.29) is 11.4 Å². The Labute approximate surface area is 141 Å². The molecule has 1 aromatic carbocycles. The Morgan fingerprint density at radius 1 is 1.21 bits per heavy atom. The Morgan fingerprint density at radius 3 is 2.71 bits per heavy atom. The molecule has 2 heterocycles. The molecule has 2 aromatic heterocycles. The first-order valence-corrected chi connectivity index (χ1v) is 9.05. The van der Waals surface area contributed by atoms with Crippen LogP contribution in [0, 0.1) is 0 Å². The number of rotatable bonds is 7. The molecule has 0 saturated heterocycles. The zero-order valence-electron chi connectivity index (χ0n) is 13.3. The summed E-state index contributed by atoms with van der Waals surface area (Å²) < 4.78 is 30.4. The summed E-state index contributed by atoms with van der Waals surface area (Å²) in [6.45, 7) is 0.995. The van der Waals surface area contributed by atoms with E-state index in [1.54, 1.807) is 13.2 Å². The Morgan fingerprint density at radius 2 is 2.00 bits per heavy atom. The number of benzene rings is 1. The molecular weight excluding hydrogens is 326 g/mol. The highest BCUT2D eigenvalue weighted by Crippen LogP contribution is 2.08. The molecule has 0 atom stereocenters. The molecule has 0 bridgehead atoms. The van der Waals surface area contributed by atoms with Gasteiger partial charge >= 0.3 is 0 Å². The van der Waals surface area contributed by atoms with Crippen LogP contribution in [-0.2, 0) is 30.0 Å². The van der Waals surface area contributed by atoms with Gasteiger partial charge in [0.05, 0.1) is 6.20 Å². The Kier molecular flexibility index (Phi) is 4.77. The minimum atomic E-state index is -3.53. The van der Waals surface area contributed by atoms with Gasteiger partial charge in [0.15, 0.2) is 0 Å². The lowest BCUT2D eigenvalue weighted by Crippen LogP contribution is -2.26. The molecule has 24 heavy (non-hydrogen) atoms. The first-order chi connectivity index (χ1) is 11.5. The molecule has 0 fully saturated rings. The summed E-state index contributed by atoms with van der Waals surface area (Å²) in [5.74, 6) is 0.840. The lowest BCUT2D eigenvalue weighted by atomic mass is 10.2. The highest BCUT2D eigenvalue weighted by atomic mass is 32.2. The maximum atomic E-state index is 12.2. The first kappa shape index (κ1) is 16.4. The minimum absolute atomic E-state index is 0.164. The summed E-state index contributed by atoms with van der Waals surface area (Å²) >= 11 is 0. The van der Waals surface area contributed by atoms with Crippen LogP contribution in [-0.4, -0.2) is 34.3 Å². The predicted octanol–water partition coefficient (Wildman–Crippen LogP) is 1.19. The number of nitrogens with zero attached hydrogens (tertiary/aromatic N) is 4. The van der Waals surface area contributed by atoms with Crippen molar-refractivity contribution in [2.75, 3.05) is 6.54 Å². The van der Waals surface area contributed by atoms with Crippen molar-refractivity contribution in [3.63, 3.8) is 0 Å². The number of imidazole rings is 1. The number of aromatic nitrogens is 4. The van der Waals surface area contributed by atoms with Gasteiger partial charge in [0.1, 0.15) is 10.7 Å². The van der Waals surface area contributed by atoms with Crippen LogP contribution >= 0.6 is 0 Å². The van der Waals surface area contributed by atoms with Gasteiger partial charge < -0.3 is 4.57 Å². The van der Waals surface area contributed by atoms with Crippen LogP contribution in [0.2, 0.25) is 0 Å². The zero-order valence-corrected chi connectivity index (χ0v) is 14.1. The van der Waals surface area contributed by atoms with E-state index in [1.807, 2.05) is 29.0 Å². The topological polar surface area (TPSA) is 81.8 Å². The van der Waals surface area contributed by atoms with Gasteiger partial charge in [-0.05, 0) is 5.56 Å². The Balaban J connectivity index is 1.61. The van der Waals surface area contributed by atoms with Crippen LogP contribution in [0.5, 0.6) is 0 Å². The molecule has 0 spiro atoms. The molecule has 0 saturated carbocycles. The van der Waals surface area contributed by atoms with Crippen LogP contribution in [0.3, 0.4) is 0 Å². The quantitative estimate of drug-likeness (QED) is 0.697. The molecule has 0 amide bonds. The summed E-state index contributed by atoms with van der Waals surface area (Å²) in [5, 5.41) is 3.88. The van der Waals surface area contributed by atoms with Crippen molar-refractivity contribution >= 4 is 10.0 Å². The molecule has 126 valence electrons. The van der Waals surface area contributed by atoms with Crippen LogP contribution in [0.15, 0.2) is 60.0 Å². The molecule has 0 radical (unpaired) electrons. The fraction of sp³-hybridized carbons (Fsp3) is 0.250. The van der Waals surface area contributed by atoms with Gasteiger partial charge in [-0.1, -0.05) is 30.3 Å². The third-order valence-electron chi connectivity index (χ3n) is 3.63. The largest absolute Gasteiger partial charge is 0.330 e. The van der Waals surface area contributed by atoms with Gasteiger partial charge in [-0.15, -0.1) is 0 Å². The lowest BCUT2D eigenvalue weighted by Gasteiger charge is -2.09. The van der Waals surface area contributed by atoms with Crippen LogP contribution in [0.25, 0.3) is 0 Å². The second kappa shape index (κ2) is 6.98. The van der Waals surface area contributed by atoms with Crippen molar-refractivity contribution in [2.24, 2.45) is 7.05 Å². The van der Waals surface area contributed by atoms with Crippen LogP contribution in [0.4, 0.5) is 0 Å². The SMILES string of the molecule is Cn1cc(S(=O)(=O)NCCc2nccn2Cc2ccccc2)cn1. The van der Waals surface area contributed by atoms with E-state index in [2.05, 4.69) is 26.9 Å². The van der Waals surface area contributed by atoms with Crippen molar-refractivity contribution in [3.05, 3.63) is 66.5 Å². The van der Waals surface area contributed by atoms with E-state index >= 15 is 0 Å². The number of hydrogen-bond acceptors (Lipinski definition) is 4. The van der Waals surface area contributed by atoms with Crippen molar-refractivity contribution in [3.8, 4) is 0 Å². The highest BCUT2D eigenvalue weighted by Gasteiger charge is 2.15. The number of aryl methyl sites for hydroxylation is 1. The Bertz CT molecular complexity index is 899. The summed E-state index contributed by atoms with van der Waals surface area (Å²) in [7, 11) is -1.85. The summed E-state index contributed by atoms with van der Waals surface area (Å²) in [4.78, 5) is 4.48. The van der Waals surface area contributed by atoms with E-state index in [1.165, 1.54) is 22.6 Å². The third kappa shape index (κ3) is 3.90. The predicted molar refractivity (Wildman–Crippen MR) is 89.9 cm³/mol. The van der Waals surface area contributed by atoms with Gasteiger partial charge in [0.2, 0.25) is 10.0 Å². The number of nitrogens with one attached hydrogen (secondary N) is 1. The fourth-order valence-electron chi connectivity index (χ4n) is 2.41. The third-order valence-corrected chi connectivity index (χ3v) is 5.05. The molecule has 1 N–H and O–H groups in total. The second-order valence-corrected chi connectivity index (χ2v) is 7.22. The van der Waals surface area contributed by atoms with Crippen molar-refractivity contribution < 1.29 is 8.42 Å². The van der Waals surface area contributed by atoms with Gasteiger partial charge in [-0.2, -0.15) is 5.10 Å². The normalized spacial score (nSPS) is 11.7. The van der Waals surface area contributed by atoms with E-state index in [0.29, 0.717) is 13.0 Å². The van der Waals surface area contributed by atoms with E-state index in [4.69, 9.17) is 0 Å². The average molecular weight is 345 g/mol. The molecule has 7 nitrogen and oxygen atoms in total. The zero-order chi connectivity index (χ0) is 17.0. The molecule has 8 heteroatoms. The van der Waals surface area contributed by atoms with Crippen molar-refractivity contribution in [1.29, 1.82) is 0 Å². The monoisotopic (exact) mass is 345 g/mol. The van der Waals surface area contributed by atoms with E-state index in [9.17, 15) is 8.42 Å². The molecule has 0 aliphatic rings. The van der Waals surface area contributed by atoms with Gasteiger partial charge in [0, 0.05) is 45.1 Å². The fourth-order valence-corrected chi connectivity index (χ4v) is 3.43. The summed E-state index contributed by atoms with van der Waals surface area (Å²) in [6.07, 6.45) is 6.95. The van der Waals surface area contributed by atoms with Gasteiger partial charge in [0.25, 0.3) is 0 Å². The van der Waals surface area contributed by atoms with Crippen molar-refractivity contribution in [1.82, 2.24) is 24.1 Å². The number of sulfonamides is 1. The molecule has 0 unspecified atom stereocenters. The molecule has 0 aliphatic carbocycles. The second-order valence-electron chi connectivity index (χ2n) is 5.45. The smallest absolute Gasteiger partial charge is 0.243 e. The Hall–Kier alpha value is -2.45. The van der Waals surface area contributed by atoms with E-state index in [0.717, 1.165) is 5.82 Å². The van der Waals surface area contributed by atoms with Crippen LogP contribution < -0.4 is 4.72 Å². The summed E-state index contributed by atoms with van der Waals surface area (Å²) in [5.41, 5.74) is 1.17. The van der Waals surface area contributed by atoms with Gasteiger partial charge in [-0.3, -0.25) is 4.68 Å². The maximum Gasteiger partial charge on any atom is 0.243 e. The van der Waals surface area contributed by atoms with Crippen LogP contribution in [0.1, 0.15) is 11.4 Å².